The summed E-state index contributed by atoms with van der Waals surface area (Å²) in [6.45, 7) is 0. The number of ether oxygens (including phenoxy) is 1. The minimum Gasteiger partial charge on any atom is -0.457 e. The predicted octanol–water partition coefficient (Wildman–Crippen LogP) is 14.4. The maximum Gasteiger partial charge on any atom is 0.132 e. The van der Waals surface area contributed by atoms with Gasteiger partial charge in [0.15, 0.2) is 0 Å². The van der Waals surface area contributed by atoms with E-state index in [4.69, 9.17) is 4.74 Å². The topological polar surface area (TPSA) is 14.2 Å². The smallest absolute Gasteiger partial charge is 0.132 e. The lowest BCUT2D eigenvalue weighted by Gasteiger charge is -2.39. The number of hydrogen-bond acceptors (Lipinski definition) is 1. The lowest BCUT2D eigenvalue weighted by Crippen LogP contribution is -2.32. The Morgan fingerprint density at radius 1 is 0.407 bits per heavy atom. The molecular formula is C57H37NO. The van der Waals surface area contributed by atoms with Gasteiger partial charge in [0.25, 0.3) is 0 Å². The standard InChI is InChI=1S/C57H37NO/c1-2-14-40(15-3-1)58-52-34-30-39(36-25-27-38(28-26-36)42-18-12-19-43-41-16-5-4-13-37(41)29-31-44(42)43)35-47(52)45-32-33-51-55(56(45)58)46-17-6-7-20-48(46)57(51)49-21-8-10-23-53(49)59-54-24-11-9-22-50(54)57/h1-28,30,32-35H,29,31H2. The summed E-state index contributed by atoms with van der Waals surface area (Å²) in [4.78, 5) is 0. The van der Waals surface area contributed by atoms with Crippen molar-refractivity contribution in [3.05, 3.63) is 234 Å². The molecule has 2 aliphatic carbocycles. The van der Waals surface area contributed by atoms with Crippen molar-refractivity contribution in [1.29, 1.82) is 0 Å². The number of hydrogen-bond donors (Lipinski definition) is 0. The third-order valence-electron chi connectivity index (χ3n) is 13.4. The van der Waals surface area contributed by atoms with Crippen LogP contribution >= 0.6 is 0 Å². The Morgan fingerprint density at radius 2 is 1.03 bits per heavy atom. The van der Waals surface area contributed by atoms with Gasteiger partial charge in [-0.2, -0.15) is 0 Å². The van der Waals surface area contributed by atoms with Gasteiger partial charge in [0, 0.05) is 33.2 Å². The molecule has 1 aromatic heterocycles. The van der Waals surface area contributed by atoms with Gasteiger partial charge in [-0.1, -0.05) is 164 Å². The Bertz CT molecular complexity index is 3310. The van der Waals surface area contributed by atoms with Gasteiger partial charge in [0.2, 0.25) is 0 Å². The molecule has 0 atom stereocenters. The Hall–Kier alpha value is -7.42. The number of nitrogens with zero attached hydrogens (tertiary/aromatic N) is 1. The van der Waals surface area contributed by atoms with Gasteiger partial charge in [-0.05, 0) is 110 Å². The zero-order valence-corrected chi connectivity index (χ0v) is 32.3. The first-order chi connectivity index (χ1) is 29.3. The molecule has 1 aliphatic heterocycles. The summed E-state index contributed by atoms with van der Waals surface area (Å²) in [5, 5.41) is 2.49. The fourth-order valence-electron chi connectivity index (χ4n) is 10.9. The first-order valence-electron chi connectivity index (χ1n) is 20.7. The van der Waals surface area contributed by atoms with Crippen LogP contribution in [0.25, 0.3) is 72.0 Å². The van der Waals surface area contributed by atoms with Gasteiger partial charge >= 0.3 is 0 Å². The molecule has 10 aromatic rings. The first kappa shape index (κ1) is 32.6. The van der Waals surface area contributed by atoms with Crippen LogP contribution in [0.15, 0.2) is 200 Å². The molecular weight excluding hydrogens is 715 g/mol. The van der Waals surface area contributed by atoms with Crippen molar-refractivity contribution < 1.29 is 4.74 Å². The van der Waals surface area contributed by atoms with Gasteiger partial charge in [-0.15, -0.1) is 0 Å². The second kappa shape index (κ2) is 12.3. The quantitative estimate of drug-likeness (QED) is 0.175. The van der Waals surface area contributed by atoms with E-state index in [-0.39, 0.29) is 0 Å². The van der Waals surface area contributed by atoms with Gasteiger partial charge in [0.05, 0.1) is 16.4 Å². The van der Waals surface area contributed by atoms with Crippen LogP contribution < -0.4 is 4.74 Å². The molecule has 0 unspecified atom stereocenters. The van der Waals surface area contributed by atoms with E-state index in [0.717, 1.165) is 30.0 Å². The zero-order chi connectivity index (χ0) is 38.7. The number of para-hydroxylation sites is 3. The highest BCUT2D eigenvalue weighted by Crippen LogP contribution is 2.63. The molecule has 9 aromatic carbocycles. The van der Waals surface area contributed by atoms with Crippen LogP contribution in [0.1, 0.15) is 33.4 Å². The summed E-state index contributed by atoms with van der Waals surface area (Å²) >= 11 is 0. The van der Waals surface area contributed by atoms with Crippen molar-refractivity contribution in [2.45, 2.75) is 18.3 Å². The highest BCUT2D eigenvalue weighted by molar-refractivity contribution is 6.17. The summed E-state index contributed by atoms with van der Waals surface area (Å²) in [5.41, 5.74) is 21.2. The molecule has 1 spiro atoms. The lowest BCUT2D eigenvalue weighted by molar-refractivity contribution is 0.436. The molecule has 13 rings (SSSR count). The first-order valence-corrected chi connectivity index (χ1v) is 20.7. The van der Waals surface area contributed by atoms with E-state index in [9.17, 15) is 0 Å². The summed E-state index contributed by atoms with van der Waals surface area (Å²) < 4.78 is 9.14. The average molecular weight is 752 g/mol. The van der Waals surface area contributed by atoms with E-state index in [1.54, 1.807) is 0 Å². The molecule has 3 aliphatic rings. The maximum absolute atomic E-state index is 6.64. The summed E-state index contributed by atoms with van der Waals surface area (Å²) in [6.07, 6.45) is 2.15. The highest BCUT2D eigenvalue weighted by atomic mass is 16.5. The van der Waals surface area contributed by atoms with Crippen LogP contribution in [-0.2, 0) is 18.3 Å². The van der Waals surface area contributed by atoms with Gasteiger partial charge in [0.1, 0.15) is 11.5 Å². The Balaban J connectivity index is 1.02. The van der Waals surface area contributed by atoms with Crippen LogP contribution in [0, 0.1) is 0 Å². The molecule has 0 radical (unpaired) electrons. The third kappa shape index (κ3) is 4.46. The van der Waals surface area contributed by atoms with Crippen molar-refractivity contribution in [3.8, 4) is 61.7 Å². The van der Waals surface area contributed by atoms with Crippen molar-refractivity contribution in [1.82, 2.24) is 4.57 Å². The van der Waals surface area contributed by atoms with E-state index in [1.807, 2.05) is 0 Å². The van der Waals surface area contributed by atoms with Crippen molar-refractivity contribution in [2.75, 3.05) is 0 Å². The molecule has 0 bridgehead atoms. The number of rotatable bonds is 3. The van der Waals surface area contributed by atoms with Crippen LogP contribution in [0.5, 0.6) is 11.5 Å². The Kier molecular flexibility index (Phi) is 6.80. The van der Waals surface area contributed by atoms with Gasteiger partial charge in [-0.3, -0.25) is 0 Å². The van der Waals surface area contributed by atoms with E-state index in [2.05, 4.69) is 205 Å². The van der Waals surface area contributed by atoms with Crippen LogP contribution in [0.4, 0.5) is 0 Å². The lowest BCUT2D eigenvalue weighted by atomic mass is 9.66. The molecule has 0 saturated heterocycles. The largest absolute Gasteiger partial charge is 0.457 e. The maximum atomic E-state index is 6.64. The molecule has 2 heterocycles. The van der Waals surface area contributed by atoms with E-state index >= 15 is 0 Å². The fraction of sp³-hybridized carbons (Fsp3) is 0.0526. The minimum absolute atomic E-state index is 0.530. The van der Waals surface area contributed by atoms with Gasteiger partial charge in [-0.25, -0.2) is 0 Å². The van der Waals surface area contributed by atoms with Gasteiger partial charge < -0.3 is 9.30 Å². The van der Waals surface area contributed by atoms with E-state index in [0.29, 0.717) is 0 Å². The average Bonchev–Trinajstić information content (AvgIpc) is 3.79. The fourth-order valence-corrected chi connectivity index (χ4v) is 10.9. The molecule has 0 fully saturated rings. The number of benzene rings is 9. The van der Waals surface area contributed by atoms with Crippen LogP contribution in [-0.4, -0.2) is 4.57 Å². The third-order valence-corrected chi connectivity index (χ3v) is 13.4. The number of aromatic nitrogens is 1. The molecule has 2 heteroatoms. The summed E-state index contributed by atoms with van der Waals surface area (Å²) in [5.74, 6) is 1.82. The Labute approximate surface area is 343 Å². The van der Waals surface area contributed by atoms with E-state index < -0.39 is 5.41 Å². The molecule has 59 heavy (non-hydrogen) atoms. The Morgan fingerprint density at radius 3 is 1.83 bits per heavy atom. The number of fused-ring (bicyclic) bond motifs is 16. The monoisotopic (exact) mass is 751 g/mol. The van der Waals surface area contributed by atoms with Crippen LogP contribution in [0.3, 0.4) is 0 Å². The molecule has 2 nitrogen and oxygen atoms in total. The normalized spacial score (nSPS) is 13.9. The second-order valence-electron chi connectivity index (χ2n) is 16.2. The molecule has 0 amide bonds. The predicted molar refractivity (Wildman–Crippen MR) is 242 cm³/mol. The second-order valence-corrected chi connectivity index (χ2v) is 16.2. The molecule has 0 saturated carbocycles. The molecule has 276 valence electrons. The summed E-state index contributed by atoms with van der Waals surface area (Å²) in [7, 11) is 0. The van der Waals surface area contributed by atoms with Crippen LogP contribution in [0.2, 0.25) is 0 Å². The van der Waals surface area contributed by atoms with Crippen molar-refractivity contribution in [3.63, 3.8) is 0 Å². The highest BCUT2D eigenvalue weighted by Gasteiger charge is 2.51. The zero-order valence-electron chi connectivity index (χ0n) is 32.3. The SMILES string of the molecule is c1ccc(-n2c3ccc(-c4ccc(-c5cccc6c5CCc5ccccc5-6)cc4)cc3c3ccc4c(c32)-c2ccccc2C42c3ccccc3Oc3ccccc32)cc1. The van der Waals surface area contributed by atoms with Crippen molar-refractivity contribution >= 4 is 21.8 Å². The van der Waals surface area contributed by atoms with Crippen molar-refractivity contribution in [2.24, 2.45) is 0 Å². The number of aryl methyl sites for hydroxylation is 1. The molecule has 0 N–H and O–H groups in total. The minimum atomic E-state index is -0.530. The van der Waals surface area contributed by atoms with E-state index in [1.165, 1.54) is 99.7 Å². The summed E-state index contributed by atoms with van der Waals surface area (Å²) in [6, 6.07) is 73.9.